The van der Waals surface area contributed by atoms with E-state index in [0.717, 1.165) is 6.29 Å². The first-order chi connectivity index (χ1) is 7.35. The summed E-state index contributed by atoms with van der Waals surface area (Å²) in [5.74, 6) is -0.837. The zero-order chi connectivity index (χ0) is 12.3. The van der Waals surface area contributed by atoms with E-state index in [4.69, 9.17) is 9.47 Å². The Morgan fingerprint density at radius 1 is 1.50 bits per heavy atom. The molecule has 0 radical (unpaired) electrons. The first-order valence-electron chi connectivity index (χ1n) is 5.42. The van der Waals surface area contributed by atoms with Crippen molar-refractivity contribution in [2.45, 2.75) is 58.2 Å². The molecular formula is C11H19NO4. The molecule has 1 fully saturated rings. The topological polar surface area (TPSA) is 64.6 Å². The molecule has 5 heteroatoms. The number of carbonyl (C=O) groups excluding carboxylic acids is 2. The van der Waals surface area contributed by atoms with Gasteiger partial charge in [0.15, 0.2) is 5.79 Å². The average Bonchev–Trinajstić information content (AvgIpc) is 2.38. The molecule has 0 spiro atoms. The van der Waals surface area contributed by atoms with Gasteiger partial charge in [0.25, 0.3) is 0 Å². The third-order valence-corrected chi connectivity index (χ3v) is 2.49. The highest BCUT2D eigenvalue weighted by molar-refractivity contribution is 5.73. The Bertz CT molecular complexity index is 277. The maximum Gasteiger partial charge on any atom is 0.217 e. The van der Waals surface area contributed by atoms with Crippen LogP contribution >= 0.6 is 0 Å². The molecule has 0 aromatic rings. The number of carbonyl (C=O) groups is 2. The van der Waals surface area contributed by atoms with Gasteiger partial charge in [0.2, 0.25) is 5.91 Å². The van der Waals surface area contributed by atoms with Gasteiger partial charge in [0.05, 0.1) is 12.1 Å². The van der Waals surface area contributed by atoms with Crippen LogP contribution in [0.5, 0.6) is 0 Å². The molecule has 1 saturated heterocycles. The largest absolute Gasteiger partial charge is 0.350 e. The van der Waals surface area contributed by atoms with Crippen molar-refractivity contribution in [2.75, 3.05) is 0 Å². The van der Waals surface area contributed by atoms with Gasteiger partial charge in [-0.3, -0.25) is 4.79 Å². The van der Waals surface area contributed by atoms with Gasteiger partial charge in [-0.15, -0.1) is 0 Å². The van der Waals surface area contributed by atoms with Crippen LogP contribution < -0.4 is 5.32 Å². The fourth-order valence-corrected chi connectivity index (χ4v) is 2.02. The number of nitrogens with one attached hydrogen (secondary N) is 1. The zero-order valence-electron chi connectivity index (χ0n) is 10.1. The lowest BCUT2D eigenvalue weighted by molar-refractivity contribution is -0.149. The Hall–Kier alpha value is -0.940. The maximum atomic E-state index is 11.0. The molecule has 1 aliphatic rings. The van der Waals surface area contributed by atoms with E-state index in [1.165, 1.54) is 6.92 Å². The molecule has 1 aliphatic heterocycles. The maximum absolute atomic E-state index is 11.0. The fourth-order valence-electron chi connectivity index (χ4n) is 2.02. The Morgan fingerprint density at radius 2 is 2.12 bits per heavy atom. The van der Waals surface area contributed by atoms with Crippen LogP contribution in [0, 0.1) is 0 Å². The number of ether oxygens (including phenoxy) is 2. The van der Waals surface area contributed by atoms with E-state index in [9.17, 15) is 9.59 Å². The molecule has 0 aromatic carbocycles. The first kappa shape index (κ1) is 13.1. The van der Waals surface area contributed by atoms with E-state index in [0.29, 0.717) is 0 Å². The molecule has 0 saturated carbocycles. The smallest absolute Gasteiger partial charge is 0.217 e. The Morgan fingerprint density at radius 3 is 2.50 bits per heavy atom. The van der Waals surface area contributed by atoms with E-state index < -0.39 is 5.79 Å². The second kappa shape index (κ2) is 4.93. The monoisotopic (exact) mass is 229 g/mol. The Labute approximate surface area is 95.5 Å². The third kappa shape index (κ3) is 3.28. The zero-order valence-corrected chi connectivity index (χ0v) is 10.1. The molecular weight excluding hydrogens is 210 g/mol. The quantitative estimate of drug-likeness (QED) is 0.718. The Balaban J connectivity index is 2.71. The van der Waals surface area contributed by atoms with Crippen molar-refractivity contribution < 1.29 is 19.1 Å². The van der Waals surface area contributed by atoms with Crippen molar-refractivity contribution >= 4 is 12.2 Å². The van der Waals surface area contributed by atoms with Crippen molar-refractivity contribution in [3.8, 4) is 0 Å². The molecule has 1 heterocycles. The van der Waals surface area contributed by atoms with Crippen LogP contribution in [0.1, 0.15) is 34.1 Å². The van der Waals surface area contributed by atoms with Gasteiger partial charge in [-0.2, -0.15) is 0 Å². The van der Waals surface area contributed by atoms with E-state index in [-0.39, 0.29) is 30.6 Å². The minimum absolute atomic E-state index is 0.146. The van der Waals surface area contributed by atoms with Crippen LogP contribution in [0.15, 0.2) is 0 Å². The van der Waals surface area contributed by atoms with E-state index in [1.807, 2.05) is 20.8 Å². The summed E-state index contributed by atoms with van der Waals surface area (Å²) in [6.07, 6.45) is 0.576. The molecule has 0 aliphatic carbocycles. The summed E-state index contributed by atoms with van der Waals surface area (Å²) in [6, 6.07) is -0.327. The van der Waals surface area contributed by atoms with E-state index in [2.05, 4.69) is 5.32 Å². The first-order valence-corrected chi connectivity index (χ1v) is 5.42. The molecule has 0 bridgehead atoms. The van der Waals surface area contributed by atoms with E-state index in [1.54, 1.807) is 0 Å². The van der Waals surface area contributed by atoms with Crippen molar-refractivity contribution in [3.05, 3.63) is 0 Å². The highest BCUT2D eigenvalue weighted by atomic mass is 16.8. The summed E-state index contributed by atoms with van der Waals surface area (Å²) in [7, 11) is 0. The van der Waals surface area contributed by atoms with Crippen molar-refractivity contribution in [3.63, 3.8) is 0 Å². The lowest BCUT2D eigenvalue weighted by Gasteiger charge is -2.24. The van der Waals surface area contributed by atoms with Crippen LogP contribution in [-0.4, -0.2) is 36.2 Å². The SMILES string of the molecule is CC(=O)N[C@@H](CC=O)[C@@H]1OC(C)(C)O[C@H]1C. The number of rotatable bonds is 4. The molecule has 1 rings (SSSR count). The summed E-state index contributed by atoms with van der Waals surface area (Å²) in [4.78, 5) is 21.6. The highest BCUT2D eigenvalue weighted by Crippen LogP contribution is 2.30. The summed E-state index contributed by atoms with van der Waals surface area (Å²) >= 11 is 0. The predicted octanol–water partition coefficient (Wildman–Crippen LogP) is 0.620. The Kier molecular flexibility index (Phi) is 4.04. The van der Waals surface area contributed by atoms with Crippen molar-refractivity contribution in [2.24, 2.45) is 0 Å². The van der Waals surface area contributed by atoms with Crippen LogP contribution in [0.3, 0.4) is 0 Å². The minimum Gasteiger partial charge on any atom is -0.350 e. The van der Waals surface area contributed by atoms with Crippen molar-refractivity contribution in [1.82, 2.24) is 5.32 Å². The summed E-state index contributed by atoms with van der Waals surface area (Å²) in [5, 5.41) is 2.72. The molecule has 16 heavy (non-hydrogen) atoms. The third-order valence-electron chi connectivity index (χ3n) is 2.49. The fraction of sp³-hybridized carbons (Fsp3) is 0.818. The molecule has 3 atom stereocenters. The summed E-state index contributed by atoms with van der Waals surface area (Å²) in [5.41, 5.74) is 0. The minimum atomic E-state index is -0.663. The molecule has 1 amide bonds. The highest BCUT2D eigenvalue weighted by Gasteiger charge is 2.42. The van der Waals surface area contributed by atoms with Gasteiger partial charge in [-0.25, -0.2) is 0 Å². The normalized spacial score (nSPS) is 29.8. The molecule has 5 nitrogen and oxygen atoms in total. The second-order valence-corrected chi connectivity index (χ2v) is 4.51. The average molecular weight is 229 g/mol. The van der Waals surface area contributed by atoms with Crippen LogP contribution in [0.4, 0.5) is 0 Å². The predicted molar refractivity (Wildman–Crippen MR) is 57.8 cm³/mol. The summed E-state index contributed by atoms with van der Waals surface area (Å²) < 4.78 is 11.3. The van der Waals surface area contributed by atoms with Crippen LogP contribution in [0.2, 0.25) is 0 Å². The van der Waals surface area contributed by atoms with E-state index >= 15 is 0 Å². The molecule has 0 aromatic heterocycles. The standard InChI is InChI=1S/C11H19NO4/c1-7-10(16-11(3,4)15-7)9(5-6-13)12-8(2)14/h6-7,9-10H,5H2,1-4H3,(H,12,14)/t7-,9-,10+/m0/s1. The van der Waals surface area contributed by atoms with Gasteiger partial charge in [-0.05, 0) is 20.8 Å². The molecule has 0 unspecified atom stereocenters. The number of hydrogen-bond acceptors (Lipinski definition) is 4. The summed E-state index contributed by atoms with van der Waals surface area (Å²) in [6.45, 7) is 6.92. The van der Waals surface area contributed by atoms with Gasteiger partial charge < -0.3 is 19.6 Å². The number of hydrogen-bond donors (Lipinski definition) is 1. The number of amides is 1. The molecule has 92 valence electrons. The number of aldehydes is 1. The lowest BCUT2D eigenvalue weighted by Crippen LogP contribution is -2.46. The van der Waals surface area contributed by atoms with Gasteiger partial charge >= 0.3 is 0 Å². The lowest BCUT2D eigenvalue weighted by atomic mass is 10.0. The van der Waals surface area contributed by atoms with Crippen LogP contribution in [-0.2, 0) is 19.1 Å². The second-order valence-electron chi connectivity index (χ2n) is 4.51. The van der Waals surface area contributed by atoms with Gasteiger partial charge in [0, 0.05) is 13.3 Å². The van der Waals surface area contributed by atoms with Crippen LogP contribution in [0.25, 0.3) is 0 Å². The van der Waals surface area contributed by atoms with Crippen molar-refractivity contribution in [1.29, 1.82) is 0 Å². The van der Waals surface area contributed by atoms with Gasteiger partial charge in [0.1, 0.15) is 12.4 Å². The molecule has 1 N–H and O–H groups in total. The van der Waals surface area contributed by atoms with Gasteiger partial charge in [-0.1, -0.05) is 0 Å².